The summed E-state index contributed by atoms with van der Waals surface area (Å²) in [7, 11) is 1.36. The molecule has 3 unspecified atom stereocenters. The summed E-state index contributed by atoms with van der Waals surface area (Å²) in [6, 6.07) is 6.67. The summed E-state index contributed by atoms with van der Waals surface area (Å²) >= 11 is 0. The van der Waals surface area contributed by atoms with E-state index >= 15 is 0 Å². The lowest BCUT2D eigenvalue weighted by Crippen LogP contribution is -2.62. The van der Waals surface area contributed by atoms with E-state index in [0.717, 1.165) is 16.5 Å². The van der Waals surface area contributed by atoms with Crippen molar-refractivity contribution in [3.63, 3.8) is 0 Å². The van der Waals surface area contributed by atoms with Crippen molar-refractivity contribution < 1.29 is 33.4 Å². The van der Waals surface area contributed by atoms with Crippen LogP contribution in [0.2, 0.25) is 0 Å². The van der Waals surface area contributed by atoms with Crippen molar-refractivity contribution in [1.82, 2.24) is 31.4 Å². The van der Waals surface area contributed by atoms with Crippen molar-refractivity contribution in [3.8, 4) is 0 Å². The van der Waals surface area contributed by atoms with Gasteiger partial charge in [0, 0.05) is 11.9 Å². The standard InChI is InChI=1S/C36H52N6O7/c1-21(2)29(40-34(47)49-35(5,6)7)31(44)38-23(4)32(45)42-19-11-12-27(41-42)30(43)37-22(3)26-16-15-25-14-13-24(20-28(25)39-26)17-18-36(8,9)33(46)48-10/h13-18,20-23,27,29,41H,11-12,19H2,1-10H3,(H,37,43)(H,38,44)(H,40,47)/t22-,23?,27?,29?/m1/s1. The van der Waals surface area contributed by atoms with Gasteiger partial charge in [0.25, 0.3) is 5.91 Å². The van der Waals surface area contributed by atoms with Crippen LogP contribution in [0.3, 0.4) is 0 Å². The molecule has 4 amide bonds. The number of benzene rings is 1. The topological polar surface area (TPSA) is 168 Å². The van der Waals surface area contributed by atoms with Gasteiger partial charge < -0.3 is 25.4 Å². The molecule has 1 aliphatic rings. The van der Waals surface area contributed by atoms with Crippen LogP contribution in [0.25, 0.3) is 17.0 Å². The molecule has 0 aliphatic carbocycles. The van der Waals surface area contributed by atoms with E-state index in [4.69, 9.17) is 14.5 Å². The number of ether oxygens (including phenoxy) is 2. The third-order valence-electron chi connectivity index (χ3n) is 8.06. The number of alkyl carbamates (subject to hydrolysis) is 1. The molecule has 13 heteroatoms. The molecule has 1 saturated heterocycles. The SMILES string of the molecule is COC(=O)C(C)(C)C=Cc1ccc2ccc([C@@H](C)NC(=O)C3CCCN(C(=O)C(C)NC(=O)C(NC(=O)OC(C)(C)C)C(C)C)N3)nc2c1. The van der Waals surface area contributed by atoms with E-state index < -0.39 is 53.1 Å². The smallest absolute Gasteiger partial charge is 0.408 e. The number of aromatic nitrogens is 1. The molecule has 2 heterocycles. The fourth-order valence-corrected chi connectivity index (χ4v) is 5.22. The number of carbonyl (C=O) groups is 5. The zero-order valence-corrected chi connectivity index (χ0v) is 30.3. The van der Waals surface area contributed by atoms with Gasteiger partial charge in [0.2, 0.25) is 11.8 Å². The number of hydrazine groups is 1. The molecular formula is C36H52N6O7. The van der Waals surface area contributed by atoms with E-state index in [1.54, 1.807) is 61.5 Å². The van der Waals surface area contributed by atoms with Crippen molar-refractivity contribution >= 4 is 46.8 Å². The molecule has 0 spiro atoms. The van der Waals surface area contributed by atoms with E-state index in [-0.39, 0.29) is 17.8 Å². The van der Waals surface area contributed by atoms with Gasteiger partial charge >= 0.3 is 12.1 Å². The van der Waals surface area contributed by atoms with Crippen LogP contribution in [-0.4, -0.2) is 77.2 Å². The lowest BCUT2D eigenvalue weighted by molar-refractivity contribution is -0.148. The number of fused-ring (bicyclic) bond motifs is 1. The quantitative estimate of drug-likeness (QED) is 0.255. The molecule has 1 aromatic carbocycles. The molecule has 1 aromatic heterocycles. The number of methoxy groups -OCH3 is 1. The molecule has 13 nitrogen and oxygen atoms in total. The fourth-order valence-electron chi connectivity index (χ4n) is 5.22. The van der Waals surface area contributed by atoms with Crippen LogP contribution < -0.4 is 21.4 Å². The molecule has 0 bridgehead atoms. The van der Waals surface area contributed by atoms with Crippen molar-refractivity contribution in [2.24, 2.45) is 11.3 Å². The highest BCUT2D eigenvalue weighted by Crippen LogP contribution is 2.23. The maximum Gasteiger partial charge on any atom is 0.408 e. The predicted molar refractivity (Wildman–Crippen MR) is 187 cm³/mol. The van der Waals surface area contributed by atoms with Gasteiger partial charge in [-0.25, -0.2) is 10.2 Å². The Morgan fingerprint density at radius 1 is 0.980 bits per heavy atom. The number of pyridine rings is 1. The first kappa shape index (κ1) is 38.9. The maximum absolute atomic E-state index is 13.3. The summed E-state index contributed by atoms with van der Waals surface area (Å²) in [6.45, 7) is 16.1. The molecule has 0 saturated carbocycles. The first-order chi connectivity index (χ1) is 22.8. The average molecular weight is 681 g/mol. The number of rotatable bonds is 11. The summed E-state index contributed by atoms with van der Waals surface area (Å²) in [5.41, 5.74) is 3.77. The van der Waals surface area contributed by atoms with E-state index in [9.17, 15) is 24.0 Å². The van der Waals surface area contributed by atoms with E-state index in [1.807, 2.05) is 43.3 Å². The van der Waals surface area contributed by atoms with Gasteiger partial charge in [-0.3, -0.25) is 29.2 Å². The minimum atomic E-state index is -0.921. The van der Waals surface area contributed by atoms with Crippen LogP contribution in [0.4, 0.5) is 4.79 Å². The van der Waals surface area contributed by atoms with Gasteiger partial charge in [-0.05, 0) is 84.9 Å². The number of carbonyl (C=O) groups excluding carboxylic acids is 5. The summed E-state index contributed by atoms with van der Waals surface area (Å²) in [5.74, 6) is -1.81. The first-order valence-corrected chi connectivity index (χ1v) is 16.7. The molecule has 49 heavy (non-hydrogen) atoms. The molecule has 3 rings (SSSR count). The molecular weight excluding hydrogens is 628 g/mol. The lowest BCUT2D eigenvalue weighted by Gasteiger charge is -2.35. The summed E-state index contributed by atoms with van der Waals surface area (Å²) in [4.78, 5) is 68.8. The minimum Gasteiger partial charge on any atom is -0.468 e. The molecule has 2 aromatic rings. The van der Waals surface area contributed by atoms with Gasteiger partial charge in [0.15, 0.2) is 0 Å². The Hall–Kier alpha value is -4.52. The Bertz CT molecular complexity index is 1560. The van der Waals surface area contributed by atoms with Crippen molar-refractivity contribution in [2.75, 3.05) is 13.7 Å². The van der Waals surface area contributed by atoms with Gasteiger partial charge in [-0.1, -0.05) is 44.2 Å². The van der Waals surface area contributed by atoms with Crippen molar-refractivity contribution in [3.05, 3.63) is 47.7 Å². The number of amides is 4. The van der Waals surface area contributed by atoms with Gasteiger partial charge in [-0.15, -0.1) is 0 Å². The van der Waals surface area contributed by atoms with Crippen LogP contribution in [0.1, 0.15) is 92.5 Å². The lowest BCUT2D eigenvalue weighted by atomic mass is 9.92. The molecule has 4 atom stereocenters. The third-order valence-corrected chi connectivity index (χ3v) is 8.06. The Labute approximate surface area is 288 Å². The molecule has 4 N–H and O–H groups in total. The zero-order valence-electron chi connectivity index (χ0n) is 30.3. The minimum absolute atomic E-state index is 0.264. The van der Waals surface area contributed by atoms with Crippen LogP contribution in [-0.2, 0) is 28.7 Å². The molecule has 268 valence electrons. The first-order valence-electron chi connectivity index (χ1n) is 16.7. The van der Waals surface area contributed by atoms with Crippen molar-refractivity contribution in [1.29, 1.82) is 0 Å². The highest BCUT2D eigenvalue weighted by molar-refractivity contribution is 5.91. The monoisotopic (exact) mass is 680 g/mol. The number of hydrogen-bond donors (Lipinski definition) is 4. The summed E-state index contributed by atoms with van der Waals surface area (Å²) in [5, 5.41) is 10.6. The van der Waals surface area contributed by atoms with E-state index in [2.05, 4.69) is 21.4 Å². The number of nitrogens with one attached hydrogen (secondary N) is 4. The van der Waals surface area contributed by atoms with Crippen LogP contribution in [0.5, 0.6) is 0 Å². The normalized spacial score (nSPS) is 17.3. The van der Waals surface area contributed by atoms with E-state index in [0.29, 0.717) is 25.1 Å². The molecule has 0 radical (unpaired) electrons. The second-order valence-electron chi connectivity index (χ2n) is 14.4. The van der Waals surface area contributed by atoms with Gasteiger partial charge in [0.1, 0.15) is 23.7 Å². The summed E-state index contributed by atoms with van der Waals surface area (Å²) in [6.07, 6.45) is 4.02. The second kappa shape index (κ2) is 16.3. The van der Waals surface area contributed by atoms with Crippen LogP contribution in [0, 0.1) is 11.3 Å². The predicted octanol–water partition coefficient (Wildman–Crippen LogP) is 4.17. The van der Waals surface area contributed by atoms with E-state index in [1.165, 1.54) is 12.1 Å². The molecule has 1 aliphatic heterocycles. The Kier molecular flexibility index (Phi) is 12.9. The third kappa shape index (κ3) is 11.0. The van der Waals surface area contributed by atoms with Crippen molar-refractivity contribution in [2.45, 2.75) is 105 Å². The van der Waals surface area contributed by atoms with Crippen LogP contribution in [0.15, 0.2) is 36.4 Å². The second-order valence-corrected chi connectivity index (χ2v) is 14.4. The zero-order chi connectivity index (χ0) is 36.7. The Morgan fingerprint density at radius 2 is 1.65 bits per heavy atom. The molecule has 1 fully saturated rings. The highest BCUT2D eigenvalue weighted by Gasteiger charge is 2.34. The average Bonchev–Trinajstić information content (AvgIpc) is 3.03. The van der Waals surface area contributed by atoms with Gasteiger partial charge in [0.05, 0.1) is 29.8 Å². The summed E-state index contributed by atoms with van der Waals surface area (Å²) < 4.78 is 10.2. The number of esters is 1. The maximum atomic E-state index is 13.3. The number of nitrogens with zero attached hydrogens (tertiary/aromatic N) is 2. The Balaban J connectivity index is 1.62. The number of hydrogen-bond acceptors (Lipinski definition) is 9. The largest absolute Gasteiger partial charge is 0.468 e. The fraction of sp³-hybridized carbons (Fsp3) is 0.556. The highest BCUT2D eigenvalue weighted by atomic mass is 16.6. The van der Waals surface area contributed by atoms with Gasteiger partial charge in [-0.2, -0.15) is 0 Å². The van der Waals surface area contributed by atoms with Crippen LogP contribution >= 0.6 is 0 Å². The Morgan fingerprint density at radius 3 is 2.29 bits per heavy atom.